The quantitative estimate of drug-likeness (QED) is 0.795. The van der Waals surface area contributed by atoms with Crippen molar-refractivity contribution in [2.24, 2.45) is 10.8 Å². The SMILES string of the molecule is CCN(C(=O)CNC1C(C)(C)C1(C)C)C1CC1. The molecule has 0 aliphatic heterocycles. The van der Waals surface area contributed by atoms with Gasteiger partial charge in [-0.05, 0) is 30.6 Å². The maximum absolute atomic E-state index is 12.1. The second-order valence-electron chi connectivity index (χ2n) is 6.67. The summed E-state index contributed by atoms with van der Waals surface area (Å²) in [5, 5.41) is 3.44. The molecule has 2 saturated carbocycles. The predicted octanol–water partition coefficient (Wildman–Crippen LogP) is 2.02. The first-order valence-corrected chi connectivity index (χ1v) is 6.85. The molecule has 17 heavy (non-hydrogen) atoms. The second-order valence-corrected chi connectivity index (χ2v) is 6.67. The van der Waals surface area contributed by atoms with E-state index in [9.17, 15) is 4.79 Å². The molecule has 3 heteroatoms. The Bertz CT molecular complexity index is 304. The predicted molar refractivity (Wildman–Crippen MR) is 69.8 cm³/mol. The summed E-state index contributed by atoms with van der Waals surface area (Å²) in [7, 11) is 0. The molecule has 0 aromatic heterocycles. The zero-order valence-electron chi connectivity index (χ0n) is 11.8. The van der Waals surface area contributed by atoms with Crippen LogP contribution in [0.25, 0.3) is 0 Å². The van der Waals surface area contributed by atoms with Crippen LogP contribution in [0.5, 0.6) is 0 Å². The van der Waals surface area contributed by atoms with Crippen LogP contribution in [0, 0.1) is 10.8 Å². The summed E-state index contributed by atoms with van der Waals surface area (Å²) in [6.45, 7) is 12.5. The molecule has 2 aliphatic rings. The van der Waals surface area contributed by atoms with E-state index in [1.54, 1.807) is 0 Å². The Morgan fingerprint density at radius 3 is 2.12 bits per heavy atom. The Kier molecular flexibility index (Phi) is 3.01. The van der Waals surface area contributed by atoms with Crippen molar-refractivity contribution in [2.75, 3.05) is 13.1 Å². The van der Waals surface area contributed by atoms with Crippen LogP contribution in [-0.2, 0) is 4.79 Å². The number of amides is 1. The second kappa shape index (κ2) is 3.98. The molecule has 3 nitrogen and oxygen atoms in total. The van der Waals surface area contributed by atoms with Gasteiger partial charge in [-0.3, -0.25) is 4.79 Å². The lowest BCUT2D eigenvalue weighted by molar-refractivity contribution is -0.130. The first kappa shape index (κ1) is 12.9. The van der Waals surface area contributed by atoms with Gasteiger partial charge in [-0.15, -0.1) is 0 Å². The van der Waals surface area contributed by atoms with Gasteiger partial charge < -0.3 is 10.2 Å². The van der Waals surface area contributed by atoms with Crippen LogP contribution in [0.4, 0.5) is 0 Å². The lowest BCUT2D eigenvalue weighted by Gasteiger charge is -2.20. The van der Waals surface area contributed by atoms with E-state index in [1.807, 2.05) is 4.90 Å². The molecule has 98 valence electrons. The minimum absolute atomic E-state index is 0.272. The molecular formula is C14H26N2O. The number of nitrogens with zero attached hydrogens (tertiary/aromatic N) is 1. The van der Waals surface area contributed by atoms with Crippen molar-refractivity contribution < 1.29 is 4.79 Å². The molecule has 0 aromatic rings. The van der Waals surface area contributed by atoms with Gasteiger partial charge >= 0.3 is 0 Å². The molecule has 0 heterocycles. The summed E-state index contributed by atoms with van der Waals surface area (Å²) >= 11 is 0. The van der Waals surface area contributed by atoms with E-state index in [2.05, 4.69) is 39.9 Å². The molecule has 0 atom stereocenters. The van der Waals surface area contributed by atoms with Crippen molar-refractivity contribution >= 4 is 5.91 Å². The normalized spacial score (nSPS) is 25.7. The van der Waals surface area contributed by atoms with Crippen molar-refractivity contribution in [2.45, 2.75) is 59.5 Å². The fourth-order valence-electron chi connectivity index (χ4n) is 3.02. The summed E-state index contributed by atoms with van der Waals surface area (Å²) < 4.78 is 0. The van der Waals surface area contributed by atoms with Gasteiger partial charge in [-0.2, -0.15) is 0 Å². The molecular weight excluding hydrogens is 212 g/mol. The van der Waals surface area contributed by atoms with Crippen LogP contribution >= 0.6 is 0 Å². The Labute approximate surface area is 105 Å². The summed E-state index contributed by atoms with van der Waals surface area (Å²) in [6, 6.07) is 1.01. The molecule has 0 radical (unpaired) electrons. The Morgan fingerprint density at radius 1 is 1.24 bits per heavy atom. The zero-order chi connectivity index (χ0) is 12.8. The van der Waals surface area contributed by atoms with E-state index in [0.717, 1.165) is 6.54 Å². The molecule has 2 aliphatic carbocycles. The van der Waals surface area contributed by atoms with E-state index in [1.165, 1.54) is 12.8 Å². The molecule has 0 spiro atoms. The lowest BCUT2D eigenvalue weighted by Crippen LogP contribution is -2.41. The van der Waals surface area contributed by atoms with E-state index in [0.29, 0.717) is 29.5 Å². The van der Waals surface area contributed by atoms with E-state index >= 15 is 0 Å². The molecule has 0 saturated heterocycles. The van der Waals surface area contributed by atoms with Crippen LogP contribution in [0.3, 0.4) is 0 Å². The highest BCUT2D eigenvalue weighted by molar-refractivity contribution is 5.79. The standard InChI is InChI=1S/C14H26N2O/c1-6-16(10-7-8-10)11(17)9-15-12-13(2,3)14(12,4)5/h10,12,15H,6-9H2,1-5H3. The Morgan fingerprint density at radius 2 is 1.76 bits per heavy atom. The molecule has 0 bridgehead atoms. The Balaban J connectivity index is 1.81. The molecule has 0 unspecified atom stereocenters. The maximum Gasteiger partial charge on any atom is 0.236 e. The van der Waals surface area contributed by atoms with E-state index in [-0.39, 0.29) is 5.91 Å². The number of hydrogen-bond acceptors (Lipinski definition) is 2. The first-order valence-electron chi connectivity index (χ1n) is 6.85. The molecule has 0 aromatic carbocycles. The van der Waals surface area contributed by atoms with Crippen LogP contribution in [0.15, 0.2) is 0 Å². The van der Waals surface area contributed by atoms with Gasteiger partial charge in [0.15, 0.2) is 0 Å². The molecule has 2 fully saturated rings. The van der Waals surface area contributed by atoms with Gasteiger partial charge in [0, 0.05) is 18.6 Å². The van der Waals surface area contributed by atoms with Crippen molar-refractivity contribution in [1.29, 1.82) is 0 Å². The fraction of sp³-hybridized carbons (Fsp3) is 0.929. The zero-order valence-corrected chi connectivity index (χ0v) is 11.8. The summed E-state index contributed by atoms with van der Waals surface area (Å²) in [4.78, 5) is 14.1. The smallest absolute Gasteiger partial charge is 0.236 e. The van der Waals surface area contributed by atoms with Gasteiger partial charge in [-0.1, -0.05) is 27.7 Å². The summed E-state index contributed by atoms with van der Waals surface area (Å²) in [6.07, 6.45) is 2.39. The third-order valence-electron chi connectivity index (χ3n) is 5.13. The summed E-state index contributed by atoms with van der Waals surface area (Å²) in [5.41, 5.74) is 0.619. The van der Waals surface area contributed by atoms with Gasteiger partial charge in [0.1, 0.15) is 0 Å². The van der Waals surface area contributed by atoms with Crippen molar-refractivity contribution in [3.8, 4) is 0 Å². The third-order valence-corrected chi connectivity index (χ3v) is 5.13. The average molecular weight is 238 g/mol. The average Bonchev–Trinajstić information content (AvgIpc) is 3.08. The Hall–Kier alpha value is -0.570. The van der Waals surface area contributed by atoms with E-state index in [4.69, 9.17) is 0 Å². The molecule has 2 rings (SSSR count). The minimum atomic E-state index is 0.272. The number of carbonyl (C=O) groups excluding carboxylic acids is 1. The maximum atomic E-state index is 12.1. The van der Waals surface area contributed by atoms with Gasteiger partial charge in [0.25, 0.3) is 0 Å². The highest BCUT2D eigenvalue weighted by Gasteiger charge is 2.64. The fourth-order valence-corrected chi connectivity index (χ4v) is 3.02. The highest BCUT2D eigenvalue weighted by Crippen LogP contribution is 2.62. The first-order chi connectivity index (χ1) is 7.82. The van der Waals surface area contributed by atoms with Crippen molar-refractivity contribution in [1.82, 2.24) is 10.2 Å². The highest BCUT2D eigenvalue weighted by atomic mass is 16.2. The number of likely N-dealkylation sites (N-methyl/N-ethyl adjacent to an activating group) is 1. The number of nitrogens with one attached hydrogen (secondary N) is 1. The number of hydrogen-bond donors (Lipinski definition) is 1. The molecule has 1 N–H and O–H groups in total. The largest absolute Gasteiger partial charge is 0.339 e. The van der Waals surface area contributed by atoms with Gasteiger partial charge in [-0.25, -0.2) is 0 Å². The van der Waals surface area contributed by atoms with E-state index < -0.39 is 0 Å². The van der Waals surface area contributed by atoms with Crippen molar-refractivity contribution in [3.63, 3.8) is 0 Å². The monoisotopic (exact) mass is 238 g/mol. The van der Waals surface area contributed by atoms with Crippen LogP contribution < -0.4 is 5.32 Å². The summed E-state index contributed by atoms with van der Waals surface area (Å²) in [5.74, 6) is 0.272. The van der Waals surface area contributed by atoms with Crippen LogP contribution in [-0.4, -0.2) is 36.0 Å². The lowest BCUT2D eigenvalue weighted by atomic mass is 10.0. The van der Waals surface area contributed by atoms with Crippen LogP contribution in [0.1, 0.15) is 47.5 Å². The number of carbonyl (C=O) groups is 1. The van der Waals surface area contributed by atoms with Crippen LogP contribution in [0.2, 0.25) is 0 Å². The minimum Gasteiger partial charge on any atom is -0.339 e. The number of rotatable bonds is 5. The van der Waals surface area contributed by atoms with Gasteiger partial charge in [0.2, 0.25) is 5.91 Å². The topological polar surface area (TPSA) is 32.3 Å². The van der Waals surface area contributed by atoms with Crippen molar-refractivity contribution in [3.05, 3.63) is 0 Å². The third kappa shape index (κ3) is 2.10. The molecule has 1 amide bonds. The van der Waals surface area contributed by atoms with Gasteiger partial charge in [0.05, 0.1) is 6.54 Å².